The lowest BCUT2D eigenvalue weighted by Crippen LogP contribution is -2.36. The summed E-state index contributed by atoms with van der Waals surface area (Å²) in [5.74, 6) is -4.69. The van der Waals surface area contributed by atoms with Crippen LogP contribution in [0.5, 0.6) is 5.88 Å². The second-order valence-corrected chi connectivity index (χ2v) is 9.19. The molecule has 2 N–H and O–H groups in total. The molecule has 2 aromatic rings. The van der Waals surface area contributed by atoms with Crippen LogP contribution in [0.1, 0.15) is 54.7 Å². The first-order chi connectivity index (χ1) is 15.5. The van der Waals surface area contributed by atoms with Crippen LogP contribution in [0.25, 0.3) is 11.7 Å². The van der Waals surface area contributed by atoms with Gasteiger partial charge in [-0.25, -0.2) is 8.78 Å². The summed E-state index contributed by atoms with van der Waals surface area (Å²) in [6.07, 6.45) is 3.84. The molecular weight excluding hydrogens is 436 g/mol. The molecule has 33 heavy (non-hydrogen) atoms. The van der Waals surface area contributed by atoms with Gasteiger partial charge in [0, 0.05) is 37.2 Å². The number of aryl methyl sites for hydroxylation is 1. The number of aromatic hydroxyl groups is 1. The van der Waals surface area contributed by atoms with Gasteiger partial charge in [-0.3, -0.25) is 19.0 Å². The van der Waals surface area contributed by atoms with Gasteiger partial charge < -0.3 is 15.3 Å². The summed E-state index contributed by atoms with van der Waals surface area (Å²) in [6, 6.07) is -0.00706. The molecular formula is C22H27F2N5O4. The smallest absolute Gasteiger partial charge is 0.270 e. The normalized spacial score (nSPS) is 18.1. The zero-order valence-electron chi connectivity index (χ0n) is 18.8. The lowest BCUT2D eigenvalue weighted by molar-refractivity contribution is -0.126. The van der Waals surface area contributed by atoms with Crippen molar-refractivity contribution in [2.24, 2.45) is 5.92 Å². The van der Waals surface area contributed by atoms with Crippen molar-refractivity contribution in [3.63, 3.8) is 0 Å². The number of carbonyl (C=O) groups excluding carboxylic acids is 2. The predicted octanol–water partition coefficient (Wildman–Crippen LogP) is 1.94. The van der Waals surface area contributed by atoms with Crippen molar-refractivity contribution in [2.45, 2.75) is 58.5 Å². The third-order valence-corrected chi connectivity index (χ3v) is 5.78. The van der Waals surface area contributed by atoms with E-state index in [4.69, 9.17) is 0 Å². The number of nitrogens with one attached hydrogen (secondary N) is 1. The number of aromatic nitrogens is 3. The highest BCUT2D eigenvalue weighted by Gasteiger charge is 2.39. The van der Waals surface area contributed by atoms with Gasteiger partial charge in [-0.1, -0.05) is 13.8 Å². The average Bonchev–Trinajstić information content (AvgIpc) is 3.36. The molecule has 4 rings (SSSR count). The van der Waals surface area contributed by atoms with E-state index in [-0.39, 0.29) is 42.7 Å². The minimum Gasteiger partial charge on any atom is -0.492 e. The van der Waals surface area contributed by atoms with Crippen LogP contribution in [0.2, 0.25) is 0 Å². The maximum Gasteiger partial charge on any atom is 0.270 e. The molecule has 1 saturated heterocycles. The monoisotopic (exact) mass is 463 g/mol. The van der Waals surface area contributed by atoms with E-state index in [2.05, 4.69) is 10.4 Å². The molecule has 2 amide bonds. The van der Waals surface area contributed by atoms with Gasteiger partial charge in [0.25, 0.3) is 17.4 Å². The van der Waals surface area contributed by atoms with Crippen LogP contribution >= 0.6 is 0 Å². The van der Waals surface area contributed by atoms with Crippen molar-refractivity contribution >= 4 is 23.5 Å². The third-order valence-electron chi connectivity index (χ3n) is 5.78. The van der Waals surface area contributed by atoms with Gasteiger partial charge in [-0.15, -0.1) is 0 Å². The Bertz CT molecular complexity index is 1210. The second-order valence-electron chi connectivity index (χ2n) is 9.19. The largest absolute Gasteiger partial charge is 0.492 e. The van der Waals surface area contributed by atoms with E-state index < -0.39 is 35.7 Å². The minimum absolute atomic E-state index is 0.00706. The molecule has 0 aromatic carbocycles. The van der Waals surface area contributed by atoms with Crippen LogP contribution in [-0.4, -0.2) is 61.1 Å². The summed E-state index contributed by atoms with van der Waals surface area (Å²) in [5.41, 5.74) is -0.0351. The first kappa shape index (κ1) is 22.9. The molecule has 2 aromatic heterocycles. The molecule has 9 nitrogen and oxygen atoms in total. The Hall–Kier alpha value is -3.24. The minimum atomic E-state index is -2.90. The number of fused-ring (bicyclic) bond motifs is 1. The Kier molecular flexibility index (Phi) is 5.75. The molecule has 2 aliphatic rings. The average molecular weight is 463 g/mol. The van der Waals surface area contributed by atoms with Gasteiger partial charge in [0.15, 0.2) is 5.56 Å². The number of nitrogens with zero attached hydrogens (tertiary/aromatic N) is 4. The fourth-order valence-corrected chi connectivity index (χ4v) is 3.96. The quantitative estimate of drug-likeness (QED) is 0.637. The first-order valence-corrected chi connectivity index (χ1v) is 11.0. The van der Waals surface area contributed by atoms with E-state index >= 15 is 0 Å². The van der Waals surface area contributed by atoms with Crippen LogP contribution in [0.15, 0.2) is 10.9 Å². The molecule has 0 unspecified atom stereocenters. The van der Waals surface area contributed by atoms with Crippen LogP contribution in [0.4, 0.5) is 8.78 Å². The SMILES string of the molecule is Cc1nn2c(O)c(C(=O)NC3CC3)c(=O)n(CC(C)C)c2c1C=CC(=O)N1CCC(F)(F)C1. The Morgan fingerprint density at radius 3 is 2.61 bits per heavy atom. The summed E-state index contributed by atoms with van der Waals surface area (Å²) < 4.78 is 29.4. The summed E-state index contributed by atoms with van der Waals surface area (Å²) >= 11 is 0. The summed E-state index contributed by atoms with van der Waals surface area (Å²) in [6.45, 7) is 4.99. The molecule has 3 heterocycles. The van der Waals surface area contributed by atoms with E-state index in [1.165, 1.54) is 16.7 Å². The van der Waals surface area contributed by atoms with Crippen LogP contribution in [0.3, 0.4) is 0 Å². The zero-order chi connectivity index (χ0) is 24.1. The fourth-order valence-electron chi connectivity index (χ4n) is 3.96. The van der Waals surface area contributed by atoms with Crippen molar-refractivity contribution in [1.82, 2.24) is 24.4 Å². The fraction of sp³-hybridized carbons (Fsp3) is 0.545. The Morgan fingerprint density at radius 1 is 1.33 bits per heavy atom. The Morgan fingerprint density at radius 2 is 2.03 bits per heavy atom. The van der Waals surface area contributed by atoms with E-state index in [0.717, 1.165) is 22.3 Å². The van der Waals surface area contributed by atoms with Gasteiger partial charge in [-0.05, 0) is 31.8 Å². The second kappa shape index (κ2) is 8.27. The van der Waals surface area contributed by atoms with Crippen molar-refractivity contribution in [1.29, 1.82) is 0 Å². The molecule has 178 valence electrons. The standard InChI is InChI=1S/C22H27F2N5O4/c1-12(2)10-28-19-15(6-7-16(30)27-9-8-22(23,24)11-27)13(3)26-29(19)21(33)17(20(28)32)18(31)25-14-4-5-14/h6-7,12,14,33H,4-5,8-11H2,1-3H3,(H,25,31). The molecule has 0 atom stereocenters. The molecule has 1 saturated carbocycles. The van der Waals surface area contributed by atoms with Crippen molar-refractivity contribution in [3.05, 3.63) is 33.3 Å². The van der Waals surface area contributed by atoms with Crippen LogP contribution in [0, 0.1) is 12.8 Å². The van der Waals surface area contributed by atoms with Gasteiger partial charge in [-0.2, -0.15) is 9.61 Å². The Balaban J connectivity index is 1.79. The van der Waals surface area contributed by atoms with Crippen molar-refractivity contribution in [3.8, 4) is 5.88 Å². The molecule has 1 aliphatic heterocycles. The van der Waals surface area contributed by atoms with E-state index in [0.29, 0.717) is 11.3 Å². The molecule has 0 bridgehead atoms. The summed E-state index contributed by atoms with van der Waals surface area (Å²) in [4.78, 5) is 39.5. The van der Waals surface area contributed by atoms with E-state index in [9.17, 15) is 28.3 Å². The van der Waals surface area contributed by atoms with Crippen LogP contribution in [-0.2, 0) is 11.3 Å². The summed E-state index contributed by atoms with van der Waals surface area (Å²) in [5, 5.41) is 17.8. The maximum absolute atomic E-state index is 13.5. The number of hydrogen-bond donors (Lipinski definition) is 2. The Labute approximate surface area is 188 Å². The van der Waals surface area contributed by atoms with Gasteiger partial charge >= 0.3 is 0 Å². The van der Waals surface area contributed by atoms with Gasteiger partial charge in [0.05, 0.1) is 12.2 Å². The van der Waals surface area contributed by atoms with Crippen LogP contribution < -0.4 is 10.9 Å². The molecule has 0 radical (unpaired) electrons. The lowest BCUT2D eigenvalue weighted by Gasteiger charge is -2.15. The number of alkyl halides is 2. The highest BCUT2D eigenvalue weighted by molar-refractivity contribution is 5.97. The van der Waals surface area contributed by atoms with Gasteiger partial charge in [0.1, 0.15) is 5.65 Å². The number of hydrogen-bond acceptors (Lipinski definition) is 5. The lowest BCUT2D eigenvalue weighted by atomic mass is 10.1. The van der Waals surface area contributed by atoms with Crippen molar-refractivity contribution < 1.29 is 23.5 Å². The molecule has 0 spiro atoms. The van der Waals surface area contributed by atoms with E-state index in [1.54, 1.807) is 6.92 Å². The zero-order valence-corrected chi connectivity index (χ0v) is 18.8. The number of carbonyl (C=O) groups is 2. The highest BCUT2D eigenvalue weighted by Crippen LogP contribution is 2.28. The first-order valence-electron chi connectivity index (χ1n) is 11.0. The number of amides is 2. The highest BCUT2D eigenvalue weighted by atomic mass is 19.3. The molecule has 11 heteroatoms. The molecule has 1 aliphatic carbocycles. The number of rotatable bonds is 6. The van der Waals surface area contributed by atoms with Gasteiger partial charge in [0.2, 0.25) is 11.8 Å². The topological polar surface area (TPSA) is 109 Å². The number of halogens is 2. The van der Waals surface area contributed by atoms with Crippen molar-refractivity contribution in [2.75, 3.05) is 13.1 Å². The van der Waals surface area contributed by atoms with E-state index in [1.807, 2.05) is 13.8 Å². The predicted molar refractivity (Wildman–Crippen MR) is 116 cm³/mol. The maximum atomic E-state index is 13.5. The third kappa shape index (κ3) is 4.49. The molecule has 2 fully saturated rings. The summed E-state index contributed by atoms with van der Waals surface area (Å²) in [7, 11) is 0. The number of likely N-dealkylation sites (tertiary alicyclic amines) is 1.